The highest BCUT2D eigenvalue weighted by atomic mass is 35.5. The number of carboxylic acids is 1. The van der Waals surface area contributed by atoms with Crippen LogP contribution < -0.4 is 11.1 Å². The zero-order valence-electron chi connectivity index (χ0n) is 12.8. The monoisotopic (exact) mass is 354 g/mol. The number of benzene rings is 1. The second-order valence-corrected chi connectivity index (χ2v) is 5.45. The Morgan fingerprint density at radius 3 is 2.79 bits per heavy atom. The van der Waals surface area contributed by atoms with Gasteiger partial charge in [-0.25, -0.2) is 4.39 Å². The first kappa shape index (κ1) is 17.9. The summed E-state index contributed by atoms with van der Waals surface area (Å²) in [4.78, 5) is 22.8. The zero-order valence-corrected chi connectivity index (χ0v) is 13.5. The minimum absolute atomic E-state index is 0.0301. The van der Waals surface area contributed by atoms with Crippen LogP contribution in [0.25, 0.3) is 11.3 Å². The van der Waals surface area contributed by atoms with Crippen LogP contribution in [0, 0.1) is 5.82 Å². The van der Waals surface area contributed by atoms with Crippen LogP contribution in [0.1, 0.15) is 17.3 Å². The number of amides is 1. The average Bonchev–Trinajstić information content (AvgIpc) is 2.92. The minimum atomic E-state index is -1.24. The van der Waals surface area contributed by atoms with E-state index in [4.69, 9.17) is 22.4 Å². The van der Waals surface area contributed by atoms with E-state index in [1.54, 1.807) is 4.68 Å². The molecule has 1 heterocycles. The number of halogens is 2. The normalized spacial score (nSPS) is 12.0. The van der Waals surface area contributed by atoms with E-state index in [2.05, 4.69) is 10.4 Å². The fourth-order valence-corrected chi connectivity index (χ4v) is 2.39. The quantitative estimate of drug-likeness (QED) is 0.728. The van der Waals surface area contributed by atoms with Gasteiger partial charge in [-0.1, -0.05) is 11.6 Å². The summed E-state index contributed by atoms with van der Waals surface area (Å²) >= 11 is 6.09. The molecule has 2 aromatic rings. The van der Waals surface area contributed by atoms with Crippen LogP contribution in [-0.2, 0) is 11.3 Å². The molecule has 1 aromatic heterocycles. The third-order valence-electron chi connectivity index (χ3n) is 3.33. The van der Waals surface area contributed by atoms with Gasteiger partial charge in [-0.05, 0) is 25.1 Å². The van der Waals surface area contributed by atoms with Crippen LogP contribution in [0.4, 0.5) is 4.39 Å². The molecule has 0 radical (unpaired) electrons. The van der Waals surface area contributed by atoms with Crippen molar-refractivity contribution in [1.82, 2.24) is 15.1 Å². The Morgan fingerprint density at radius 1 is 1.46 bits per heavy atom. The molecule has 2 rings (SSSR count). The molecule has 0 unspecified atom stereocenters. The summed E-state index contributed by atoms with van der Waals surface area (Å²) in [7, 11) is 0. The topological polar surface area (TPSA) is 110 Å². The third kappa shape index (κ3) is 3.90. The molecule has 1 aromatic carbocycles. The van der Waals surface area contributed by atoms with Gasteiger partial charge in [-0.3, -0.25) is 14.3 Å². The molecule has 9 heteroatoms. The second kappa shape index (κ2) is 7.41. The van der Waals surface area contributed by atoms with E-state index in [1.165, 1.54) is 18.3 Å². The van der Waals surface area contributed by atoms with Crippen molar-refractivity contribution in [3.8, 4) is 11.3 Å². The SMILES string of the molecule is CCn1ncc(Cl)c1-c1cc(F)cc(C(=O)NC[C@@H](N)C(=O)O)c1. The maximum Gasteiger partial charge on any atom is 0.322 e. The van der Waals surface area contributed by atoms with Crippen LogP contribution in [0.3, 0.4) is 0 Å². The summed E-state index contributed by atoms with van der Waals surface area (Å²) < 4.78 is 15.5. The highest BCUT2D eigenvalue weighted by Crippen LogP contribution is 2.29. The number of carbonyl (C=O) groups is 2. The molecule has 4 N–H and O–H groups in total. The lowest BCUT2D eigenvalue weighted by Gasteiger charge is -2.11. The van der Waals surface area contributed by atoms with Gasteiger partial charge in [0.15, 0.2) is 0 Å². The van der Waals surface area contributed by atoms with E-state index in [1.807, 2.05) is 6.92 Å². The molecule has 1 atom stereocenters. The van der Waals surface area contributed by atoms with Gasteiger partial charge < -0.3 is 16.2 Å². The third-order valence-corrected chi connectivity index (χ3v) is 3.60. The Bertz CT molecular complexity index is 778. The van der Waals surface area contributed by atoms with E-state index >= 15 is 0 Å². The molecule has 0 spiro atoms. The number of rotatable bonds is 6. The minimum Gasteiger partial charge on any atom is -0.480 e. The number of aliphatic carboxylic acids is 1. The first-order chi connectivity index (χ1) is 11.3. The molecular weight excluding hydrogens is 339 g/mol. The molecule has 0 aliphatic heterocycles. The molecular formula is C15H16ClFN4O3. The molecule has 24 heavy (non-hydrogen) atoms. The van der Waals surface area contributed by atoms with E-state index in [0.29, 0.717) is 22.8 Å². The van der Waals surface area contributed by atoms with Crippen molar-refractivity contribution >= 4 is 23.5 Å². The molecule has 0 saturated heterocycles. The van der Waals surface area contributed by atoms with Crippen molar-refractivity contribution in [2.24, 2.45) is 5.73 Å². The maximum atomic E-state index is 13.9. The number of nitrogens with zero attached hydrogens (tertiary/aromatic N) is 2. The van der Waals surface area contributed by atoms with Gasteiger partial charge in [0, 0.05) is 24.2 Å². The van der Waals surface area contributed by atoms with Crippen LogP contribution >= 0.6 is 11.6 Å². The predicted molar refractivity (Wildman–Crippen MR) is 86.2 cm³/mol. The van der Waals surface area contributed by atoms with Crippen molar-refractivity contribution in [3.05, 3.63) is 40.8 Å². The number of nitrogens with two attached hydrogens (primary N) is 1. The average molecular weight is 355 g/mol. The lowest BCUT2D eigenvalue weighted by molar-refractivity contribution is -0.138. The van der Waals surface area contributed by atoms with Crippen molar-refractivity contribution in [2.75, 3.05) is 6.54 Å². The molecule has 0 saturated carbocycles. The largest absolute Gasteiger partial charge is 0.480 e. The molecule has 0 fully saturated rings. The standard InChI is InChI=1S/C15H16ClFN4O3/c1-2-21-13(11(16)6-20-21)8-3-9(5-10(17)4-8)14(22)19-7-12(18)15(23)24/h3-6,12H,2,7,18H2,1H3,(H,19,22)(H,23,24)/t12-/m1/s1. The fourth-order valence-electron chi connectivity index (χ4n) is 2.14. The van der Waals surface area contributed by atoms with Gasteiger partial charge in [-0.15, -0.1) is 0 Å². The van der Waals surface area contributed by atoms with Gasteiger partial charge in [0.05, 0.1) is 16.9 Å². The molecule has 0 bridgehead atoms. The number of carboxylic acid groups (broad SMARTS) is 1. The summed E-state index contributed by atoms with van der Waals surface area (Å²) in [5.74, 6) is -2.50. The summed E-state index contributed by atoms with van der Waals surface area (Å²) in [6.07, 6.45) is 1.44. The van der Waals surface area contributed by atoms with Crippen molar-refractivity contribution in [2.45, 2.75) is 19.5 Å². The fraction of sp³-hybridized carbons (Fsp3) is 0.267. The van der Waals surface area contributed by atoms with E-state index in [9.17, 15) is 14.0 Å². The Labute approximate surface area is 142 Å². The number of aryl methyl sites for hydroxylation is 1. The van der Waals surface area contributed by atoms with Gasteiger partial charge in [0.2, 0.25) is 0 Å². The summed E-state index contributed by atoms with van der Waals surface area (Å²) in [5.41, 5.74) is 6.24. The smallest absolute Gasteiger partial charge is 0.322 e. The summed E-state index contributed by atoms with van der Waals surface area (Å²) in [6, 6.07) is 2.51. The molecule has 0 aliphatic rings. The molecule has 128 valence electrons. The van der Waals surface area contributed by atoms with Gasteiger partial charge >= 0.3 is 5.97 Å². The highest BCUT2D eigenvalue weighted by molar-refractivity contribution is 6.33. The van der Waals surface area contributed by atoms with Crippen molar-refractivity contribution in [1.29, 1.82) is 0 Å². The lowest BCUT2D eigenvalue weighted by atomic mass is 10.1. The van der Waals surface area contributed by atoms with E-state index in [-0.39, 0.29) is 12.1 Å². The number of aromatic nitrogens is 2. The lowest BCUT2D eigenvalue weighted by Crippen LogP contribution is -2.42. The van der Waals surface area contributed by atoms with Crippen LogP contribution in [0.5, 0.6) is 0 Å². The first-order valence-electron chi connectivity index (χ1n) is 7.12. The highest BCUT2D eigenvalue weighted by Gasteiger charge is 2.17. The second-order valence-electron chi connectivity index (χ2n) is 5.04. The Kier molecular flexibility index (Phi) is 5.53. The van der Waals surface area contributed by atoms with Crippen molar-refractivity contribution < 1.29 is 19.1 Å². The van der Waals surface area contributed by atoms with E-state index < -0.39 is 23.7 Å². The maximum absolute atomic E-state index is 13.9. The Balaban J connectivity index is 2.30. The van der Waals surface area contributed by atoms with Gasteiger partial charge in [0.1, 0.15) is 11.9 Å². The number of hydrogen-bond acceptors (Lipinski definition) is 4. The van der Waals surface area contributed by atoms with E-state index in [0.717, 1.165) is 6.07 Å². The Hall–Kier alpha value is -2.45. The van der Waals surface area contributed by atoms with Crippen LogP contribution in [0.15, 0.2) is 24.4 Å². The first-order valence-corrected chi connectivity index (χ1v) is 7.50. The number of hydrogen-bond donors (Lipinski definition) is 3. The predicted octanol–water partition coefficient (Wildman–Crippen LogP) is 1.50. The van der Waals surface area contributed by atoms with Crippen LogP contribution in [-0.4, -0.2) is 39.4 Å². The zero-order chi connectivity index (χ0) is 17.9. The summed E-state index contributed by atoms with van der Waals surface area (Å²) in [5, 5.41) is 15.5. The van der Waals surface area contributed by atoms with Gasteiger partial charge in [-0.2, -0.15) is 5.10 Å². The molecule has 1 amide bonds. The van der Waals surface area contributed by atoms with Crippen molar-refractivity contribution in [3.63, 3.8) is 0 Å². The summed E-state index contributed by atoms with van der Waals surface area (Å²) in [6.45, 7) is 2.11. The molecule has 7 nitrogen and oxygen atoms in total. The van der Waals surface area contributed by atoms with Crippen LogP contribution in [0.2, 0.25) is 5.02 Å². The molecule has 0 aliphatic carbocycles. The number of nitrogens with one attached hydrogen (secondary N) is 1. The van der Waals surface area contributed by atoms with Gasteiger partial charge in [0.25, 0.3) is 5.91 Å². The Morgan fingerprint density at radius 2 is 2.17 bits per heavy atom. The number of carbonyl (C=O) groups excluding carboxylic acids is 1.